The van der Waals surface area contributed by atoms with Gasteiger partial charge in [0.15, 0.2) is 0 Å². The van der Waals surface area contributed by atoms with Crippen LogP contribution in [0.2, 0.25) is 0 Å². The molecular formula is C21H33N5O4. The standard InChI is InChI=1S/C21H33N5O4/c1-6-9-21(20(3,4)5,23-18(28)29)17(27)24-10-7-15(8-11-24)25-13-16-12-22-14(2)26(16)19(25)30/h12,15,23H,6-11,13H2,1-5H3,(H,28,29). The van der Waals surface area contributed by atoms with Gasteiger partial charge in [0, 0.05) is 19.1 Å². The predicted octanol–water partition coefficient (Wildman–Crippen LogP) is 2.82. The lowest BCUT2D eigenvalue weighted by atomic mass is 9.69. The van der Waals surface area contributed by atoms with E-state index in [1.807, 2.05) is 39.5 Å². The van der Waals surface area contributed by atoms with Crippen molar-refractivity contribution in [1.29, 1.82) is 0 Å². The first kappa shape index (κ1) is 22.1. The van der Waals surface area contributed by atoms with Gasteiger partial charge in [-0.15, -0.1) is 0 Å². The molecule has 30 heavy (non-hydrogen) atoms. The van der Waals surface area contributed by atoms with Crippen molar-refractivity contribution in [2.24, 2.45) is 5.41 Å². The Kier molecular flexibility index (Phi) is 5.84. The number of piperidine rings is 1. The molecule has 0 saturated carbocycles. The number of aryl methyl sites for hydroxylation is 1. The first-order chi connectivity index (χ1) is 14.0. The first-order valence-corrected chi connectivity index (χ1v) is 10.7. The monoisotopic (exact) mass is 419 g/mol. The zero-order valence-corrected chi connectivity index (χ0v) is 18.6. The molecule has 3 heterocycles. The van der Waals surface area contributed by atoms with Crippen molar-refractivity contribution in [3.8, 4) is 0 Å². The Balaban J connectivity index is 1.72. The number of nitrogens with one attached hydrogen (secondary N) is 1. The van der Waals surface area contributed by atoms with Crippen molar-refractivity contribution in [2.75, 3.05) is 13.1 Å². The Morgan fingerprint density at radius 3 is 2.40 bits per heavy atom. The molecule has 166 valence electrons. The molecule has 0 bridgehead atoms. The quantitative estimate of drug-likeness (QED) is 0.763. The van der Waals surface area contributed by atoms with E-state index in [1.54, 1.807) is 15.7 Å². The molecule has 1 unspecified atom stereocenters. The van der Waals surface area contributed by atoms with Crippen molar-refractivity contribution in [3.63, 3.8) is 0 Å². The van der Waals surface area contributed by atoms with Crippen LogP contribution in [-0.2, 0) is 11.3 Å². The van der Waals surface area contributed by atoms with Crippen molar-refractivity contribution < 1.29 is 19.5 Å². The van der Waals surface area contributed by atoms with Gasteiger partial charge in [-0.05, 0) is 31.6 Å². The third kappa shape index (κ3) is 3.65. The average Bonchev–Trinajstić information content (AvgIpc) is 3.19. The largest absolute Gasteiger partial charge is 0.465 e. The molecular weight excluding hydrogens is 386 g/mol. The molecule has 0 radical (unpaired) electrons. The van der Waals surface area contributed by atoms with Crippen LogP contribution in [0.4, 0.5) is 9.59 Å². The highest BCUT2D eigenvalue weighted by atomic mass is 16.4. The van der Waals surface area contributed by atoms with Gasteiger partial charge in [0.1, 0.15) is 11.4 Å². The Hall–Kier alpha value is -2.58. The van der Waals surface area contributed by atoms with E-state index in [0.717, 1.165) is 5.69 Å². The number of hydrogen-bond acceptors (Lipinski definition) is 4. The topological polar surface area (TPSA) is 108 Å². The van der Waals surface area contributed by atoms with Crippen LogP contribution in [0.25, 0.3) is 0 Å². The van der Waals surface area contributed by atoms with Crippen molar-refractivity contribution >= 4 is 18.0 Å². The number of amides is 3. The lowest BCUT2D eigenvalue weighted by molar-refractivity contribution is -0.145. The Labute approximate surface area is 177 Å². The maximum atomic E-state index is 13.6. The average molecular weight is 420 g/mol. The normalized spacial score (nSPS) is 19.6. The van der Waals surface area contributed by atoms with Gasteiger partial charge in [0.25, 0.3) is 0 Å². The van der Waals surface area contributed by atoms with Crippen LogP contribution in [0.1, 0.15) is 64.9 Å². The molecule has 2 N–H and O–H groups in total. The van der Waals surface area contributed by atoms with Gasteiger partial charge in [-0.1, -0.05) is 34.1 Å². The molecule has 3 amide bonds. The molecule has 1 saturated heterocycles. The summed E-state index contributed by atoms with van der Waals surface area (Å²) in [6.07, 6.45) is 3.03. The summed E-state index contributed by atoms with van der Waals surface area (Å²) in [6, 6.07) is 0.0100. The van der Waals surface area contributed by atoms with Gasteiger partial charge in [-0.3, -0.25) is 9.36 Å². The van der Waals surface area contributed by atoms with Crippen LogP contribution in [0.15, 0.2) is 6.20 Å². The summed E-state index contributed by atoms with van der Waals surface area (Å²) >= 11 is 0. The number of aromatic nitrogens is 2. The van der Waals surface area contributed by atoms with Gasteiger partial charge in [0.2, 0.25) is 5.91 Å². The highest BCUT2D eigenvalue weighted by molar-refractivity contribution is 5.91. The summed E-state index contributed by atoms with van der Waals surface area (Å²) in [6.45, 7) is 11.0. The molecule has 1 atom stereocenters. The number of carbonyl (C=O) groups excluding carboxylic acids is 2. The smallest absolute Gasteiger partial charge is 0.405 e. The van der Waals surface area contributed by atoms with Crippen LogP contribution in [0.3, 0.4) is 0 Å². The molecule has 0 spiro atoms. The number of nitrogens with zero attached hydrogens (tertiary/aromatic N) is 4. The molecule has 1 aromatic heterocycles. The molecule has 0 aromatic carbocycles. The van der Waals surface area contributed by atoms with E-state index in [-0.39, 0.29) is 18.0 Å². The van der Waals surface area contributed by atoms with E-state index in [9.17, 15) is 19.5 Å². The Morgan fingerprint density at radius 2 is 1.90 bits per heavy atom. The number of fused-ring (bicyclic) bond motifs is 1. The lowest BCUT2D eigenvalue weighted by Gasteiger charge is -2.47. The molecule has 3 rings (SSSR count). The minimum Gasteiger partial charge on any atom is -0.465 e. The predicted molar refractivity (Wildman–Crippen MR) is 111 cm³/mol. The molecule has 1 fully saturated rings. The van der Waals surface area contributed by atoms with Crippen LogP contribution < -0.4 is 5.32 Å². The highest BCUT2D eigenvalue weighted by Gasteiger charge is 2.51. The second kappa shape index (κ2) is 7.92. The molecule has 2 aliphatic heterocycles. The first-order valence-electron chi connectivity index (χ1n) is 10.7. The Morgan fingerprint density at radius 1 is 1.27 bits per heavy atom. The summed E-state index contributed by atoms with van der Waals surface area (Å²) in [7, 11) is 0. The molecule has 9 heteroatoms. The Bertz CT molecular complexity index is 835. The summed E-state index contributed by atoms with van der Waals surface area (Å²) in [5, 5.41) is 12.0. The zero-order chi connectivity index (χ0) is 22.3. The number of rotatable bonds is 5. The number of imidazole rings is 1. The van der Waals surface area contributed by atoms with Crippen molar-refractivity contribution in [2.45, 2.75) is 78.4 Å². The van der Waals surface area contributed by atoms with E-state index in [0.29, 0.717) is 51.1 Å². The number of hydrogen-bond donors (Lipinski definition) is 2. The second-order valence-electron chi connectivity index (χ2n) is 9.40. The molecule has 2 aliphatic rings. The van der Waals surface area contributed by atoms with Gasteiger partial charge in [-0.2, -0.15) is 0 Å². The molecule has 9 nitrogen and oxygen atoms in total. The maximum absolute atomic E-state index is 13.6. The van der Waals surface area contributed by atoms with Gasteiger partial charge in [-0.25, -0.2) is 14.6 Å². The van der Waals surface area contributed by atoms with Crippen LogP contribution in [0, 0.1) is 12.3 Å². The van der Waals surface area contributed by atoms with Crippen LogP contribution in [0.5, 0.6) is 0 Å². The van der Waals surface area contributed by atoms with Crippen molar-refractivity contribution in [3.05, 3.63) is 17.7 Å². The molecule has 1 aromatic rings. The minimum absolute atomic E-state index is 0.0488. The van der Waals surface area contributed by atoms with Gasteiger partial charge < -0.3 is 20.2 Å². The van der Waals surface area contributed by atoms with E-state index >= 15 is 0 Å². The van der Waals surface area contributed by atoms with Crippen LogP contribution >= 0.6 is 0 Å². The lowest BCUT2D eigenvalue weighted by Crippen LogP contribution is -2.67. The van der Waals surface area contributed by atoms with Gasteiger partial charge in [0.05, 0.1) is 18.4 Å². The highest BCUT2D eigenvalue weighted by Crippen LogP contribution is 2.37. The minimum atomic E-state index is -1.19. The fourth-order valence-electron chi connectivity index (χ4n) is 4.83. The summed E-state index contributed by atoms with van der Waals surface area (Å²) < 4.78 is 1.65. The third-order valence-corrected chi connectivity index (χ3v) is 6.56. The van der Waals surface area contributed by atoms with E-state index < -0.39 is 17.0 Å². The number of likely N-dealkylation sites (tertiary alicyclic amines) is 1. The summed E-state index contributed by atoms with van der Waals surface area (Å²) in [4.78, 5) is 45.8. The van der Waals surface area contributed by atoms with Gasteiger partial charge >= 0.3 is 12.1 Å². The number of carbonyl (C=O) groups is 3. The summed E-state index contributed by atoms with van der Waals surface area (Å²) in [5.41, 5.74) is -0.851. The van der Waals surface area contributed by atoms with E-state index in [4.69, 9.17) is 0 Å². The van der Waals surface area contributed by atoms with Crippen molar-refractivity contribution in [1.82, 2.24) is 24.7 Å². The SMILES string of the molecule is CCCC(NC(=O)O)(C(=O)N1CCC(N2Cc3cnc(C)n3C2=O)CC1)C(C)(C)C. The van der Waals surface area contributed by atoms with E-state index in [2.05, 4.69) is 10.3 Å². The van der Waals surface area contributed by atoms with Crippen LogP contribution in [-0.4, -0.2) is 67.2 Å². The second-order valence-corrected chi connectivity index (χ2v) is 9.40. The molecule has 0 aliphatic carbocycles. The number of carboxylic acid groups (broad SMARTS) is 1. The fraction of sp³-hybridized carbons (Fsp3) is 0.714. The summed E-state index contributed by atoms with van der Waals surface area (Å²) in [5.74, 6) is 0.524. The maximum Gasteiger partial charge on any atom is 0.405 e. The third-order valence-electron chi connectivity index (χ3n) is 6.56. The van der Waals surface area contributed by atoms with E-state index in [1.165, 1.54) is 0 Å². The zero-order valence-electron chi connectivity index (χ0n) is 18.6. The fourth-order valence-corrected chi connectivity index (χ4v) is 4.83.